The molecule has 0 fully saturated rings. The van der Waals surface area contributed by atoms with Gasteiger partial charge in [-0.05, 0) is 128 Å². The molecule has 10 heteroatoms. The molecule has 2 unspecified atom stereocenters. The van der Waals surface area contributed by atoms with Gasteiger partial charge in [0.1, 0.15) is 19.8 Å². The van der Waals surface area contributed by atoms with E-state index in [1.54, 1.807) is 0 Å². The fraction of sp³-hybridized carbons (Fsp3) is 0.632. The number of rotatable bonds is 61. The van der Waals surface area contributed by atoms with Crippen LogP contribution in [0.25, 0.3) is 0 Å². The number of unbranched alkanes of at least 4 members (excludes halogenated alkanes) is 21. The number of carbonyl (C=O) groups excluding carboxylic acids is 2. The van der Waals surface area contributed by atoms with E-state index in [0.29, 0.717) is 17.4 Å². The Hall–Kier alpha value is -4.37. The summed E-state index contributed by atoms with van der Waals surface area (Å²) >= 11 is 0. The number of nitrogens with zero attached hydrogens (tertiary/aromatic N) is 1. The fourth-order valence-electron chi connectivity index (χ4n) is 8.81. The molecule has 86 heavy (non-hydrogen) atoms. The Labute approximate surface area is 528 Å². The lowest BCUT2D eigenvalue weighted by Crippen LogP contribution is -2.37. The van der Waals surface area contributed by atoms with Crippen molar-refractivity contribution in [1.82, 2.24) is 0 Å². The van der Waals surface area contributed by atoms with E-state index in [1.165, 1.54) is 96.3 Å². The summed E-state index contributed by atoms with van der Waals surface area (Å²) in [7, 11) is 1.13. The van der Waals surface area contributed by atoms with Gasteiger partial charge in [0.2, 0.25) is 0 Å². The summed E-state index contributed by atoms with van der Waals surface area (Å²) in [5, 5.41) is 0. The van der Waals surface area contributed by atoms with Gasteiger partial charge in [0.25, 0.3) is 7.82 Å². The largest absolute Gasteiger partial charge is 0.756 e. The van der Waals surface area contributed by atoms with Gasteiger partial charge in [-0.2, -0.15) is 0 Å². The maximum Gasteiger partial charge on any atom is 0.306 e. The third kappa shape index (κ3) is 68.7. The van der Waals surface area contributed by atoms with Crippen LogP contribution in [-0.4, -0.2) is 70.0 Å². The van der Waals surface area contributed by atoms with Crippen molar-refractivity contribution in [1.29, 1.82) is 0 Å². The van der Waals surface area contributed by atoms with Crippen LogP contribution in [0, 0.1) is 0 Å². The Bertz CT molecular complexity index is 2010. The summed E-state index contributed by atoms with van der Waals surface area (Å²) in [4.78, 5) is 38.0. The Kier molecular flexibility index (Phi) is 61.8. The Morgan fingerprint density at radius 3 is 1.00 bits per heavy atom. The molecular weight excluding hydrogens is 1090 g/mol. The van der Waals surface area contributed by atoms with E-state index >= 15 is 0 Å². The summed E-state index contributed by atoms with van der Waals surface area (Å²) in [6.07, 6.45) is 97.4. The van der Waals surface area contributed by atoms with Crippen molar-refractivity contribution in [3.8, 4) is 0 Å². The highest BCUT2D eigenvalue weighted by Gasteiger charge is 2.22. The Balaban J connectivity index is 4.19. The molecule has 0 spiro atoms. The zero-order valence-electron chi connectivity index (χ0n) is 55.4. The average Bonchev–Trinajstić information content (AvgIpc) is 3.70. The van der Waals surface area contributed by atoms with Gasteiger partial charge >= 0.3 is 11.9 Å². The molecule has 0 N–H and O–H groups in total. The molecule has 0 aliphatic carbocycles. The summed E-state index contributed by atoms with van der Waals surface area (Å²) < 4.78 is 34.2. The van der Waals surface area contributed by atoms with Gasteiger partial charge in [0.05, 0.1) is 27.7 Å². The van der Waals surface area contributed by atoms with Crippen LogP contribution in [-0.2, 0) is 32.7 Å². The molecule has 0 saturated carbocycles. The lowest BCUT2D eigenvalue weighted by Gasteiger charge is -2.28. The van der Waals surface area contributed by atoms with Crippen molar-refractivity contribution >= 4 is 19.8 Å². The van der Waals surface area contributed by atoms with Crippen molar-refractivity contribution in [2.75, 3.05) is 47.5 Å². The number of carbonyl (C=O) groups is 2. The fourth-order valence-corrected chi connectivity index (χ4v) is 9.54. The SMILES string of the molecule is CC/C=C\C/C=C\C/C=C\C/C=C\C/C=C\C/C=C\C/C=C\C/C=C\C/C=C\C/C=C\C/C=C\C/C=C\CCCCCCC(=O)OC(COC(=O)CCCCCCCCCCC/C=C\CCCCCCCCCC)COP(=O)([O-])OCC[N+](C)(C)C. The summed E-state index contributed by atoms with van der Waals surface area (Å²) in [5.74, 6) is -0.871. The van der Waals surface area contributed by atoms with Crippen LogP contribution in [0.4, 0.5) is 0 Å². The number of esters is 2. The standard InChI is InChI=1S/C76H126NO8P/c1-6-8-10-12-14-16-18-20-22-24-26-28-29-30-31-32-33-34-35-36-37-38-39-40-41-42-43-44-45-46-47-49-51-53-55-57-59-61-63-65-67-69-76(79)85-74(73-84-86(80,81)83-71-70-77(3,4)5)72-82-75(78)68-66-64-62-60-58-56-54-52-50-48-27-25-23-21-19-17-15-13-11-9-7-2/h8,10,14,16,20,22,25-28,30-31,33-34,36-37,39-40,42-43,45-46,49,51,55,57,74H,6-7,9,11-13,15,17-19,21,23-24,29,32,35,38,41,44,47-48,50,52-54,56,58-73H2,1-5H3/b10-8-,16-14-,22-20-,27-25-,28-26-,31-30-,34-33-,37-36-,40-39-,43-42-,46-45-,51-49-,57-55-. The van der Waals surface area contributed by atoms with Crippen LogP contribution >= 0.6 is 7.82 Å². The maximum atomic E-state index is 12.8. The Morgan fingerprint density at radius 2 is 0.663 bits per heavy atom. The van der Waals surface area contributed by atoms with Crippen molar-refractivity contribution < 1.29 is 42.1 Å². The predicted molar refractivity (Wildman–Crippen MR) is 369 cm³/mol. The number of quaternary nitrogens is 1. The quantitative estimate of drug-likeness (QED) is 0.0195. The van der Waals surface area contributed by atoms with E-state index in [1.807, 2.05) is 21.1 Å². The molecule has 0 aliphatic heterocycles. The van der Waals surface area contributed by atoms with Gasteiger partial charge in [0, 0.05) is 12.8 Å². The molecule has 9 nitrogen and oxygen atoms in total. The molecule has 0 amide bonds. The van der Waals surface area contributed by atoms with Gasteiger partial charge in [-0.15, -0.1) is 0 Å². The average molecular weight is 1210 g/mol. The normalized spacial score (nSPS) is 14.2. The third-order valence-electron chi connectivity index (χ3n) is 14.0. The Morgan fingerprint density at radius 1 is 0.372 bits per heavy atom. The molecule has 0 rings (SSSR count). The zero-order valence-corrected chi connectivity index (χ0v) is 56.3. The molecule has 2 atom stereocenters. The topological polar surface area (TPSA) is 111 Å². The maximum absolute atomic E-state index is 12.8. The number of hydrogen-bond acceptors (Lipinski definition) is 8. The molecule has 0 aromatic carbocycles. The van der Waals surface area contributed by atoms with Crippen molar-refractivity contribution in [3.63, 3.8) is 0 Å². The minimum absolute atomic E-state index is 0.0440. The lowest BCUT2D eigenvalue weighted by molar-refractivity contribution is -0.870. The molecule has 0 saturated heterocycles. The first kappa shape index (κ1) is 81.6. The first-order valence-corrected chi connectivity index (χ1v) is 35.7. The van der Waals surface area contributed by atoms with Crippen LogP contribution in [0.5, 0.6) is 0 Å². The van der Waals surface area contributed by atoms with Gasteiger partial charge in [0.15, 0.2) is 6.10 Å². The van der Waals surface area contributed by atoms with E-state index in [9.17, 15) is 19.0 Å². The highest BCUT2D eigenvalue weighted by molar-refractivity contribution is 7.45. The summed E-state index contributed by atoms with van der Waals surface area (Å²) in [5.41, 5.74) is 0. The second-order valence-electron chi connectivity index (χ2n) is 23.5. The van der Waals surface area contributed by atoms with Gasteiger partial charge < -0.3 is 27.9 Å². The van der Waals surface area contributed by atoms with E-state index in [-0.39, 0.29) is 26.1 Å². The first-order chi connectivity index (χ1) is 42.0. The molecule has 0 aromatic rings. The molecule has 0 bridgehead atoms. The number of likely N-dealkylation sites (N-methyl/N-ethyl adjacent to an activating group) is 1. The molecule has 0 aliphatic rings. The second kappa shape index (κ2) is 65.1. The number of ether oxygens (including phenoxy) is 2. The van der Waals surface area contributed by atoms with Gasteiger partial charge in [-0.25, -0.2) is 0 Å². The lowest BCUT2D eigenvalue weighted by atomic mass is 10.1. The molecule has 0 radical (unpaired) electrons. The van der Waals surface area contributed by atoms with Crippen LogP contribution in [0.2, 0.25) is 0 Å². The van der Waals surface area contributed by atoms with Crippen LogP contribution < -0.4 is 4.89 Å². The van der Waals surface area contributed by atoms with E-state index < -0.39 is 32.5 Å². The van der Waals surface area contributed by atoms with Crippen LogP contribution in [0.3, 0.4) is 0 Å². The predicted octanol–water partition coefficient (Wildman–Crippen LogP) is 21.7. The monoisotopic (exact) mass is 1210 g/mol. The molecule has 0 aromatic heterocycles. The number of phosphoric acid groups is 1. The van der Waals surface area contributed by atoms with Crippen molar-refractivity contribution in [2.45, 2.75) is 264 Å². The van der Waals surface area contributed by atoms with Gasteiger partial charge in [-0.3, -0.25) is 14.2 Å². The minimum atomic E-state index is -4.66. The van der Waals surface area contributed by atoms with E-state index in [4.69, 9.17) is 18.5 Å². The van der Waals surface area contributed by atoms with Crippen LogP contribution in [0.15, 0.2) is 158 Å². The van der Waals surface area contributed by atoms with Gasteiger partial charge in [-0.1, -0.05) is 275 Å². The summed E-state index contributed by atoms with van der Waals surface area (Å²) in [6.45, 7) is 4.09. The highest BCUT2D eigenvalue weighted by Crippen LogP contribution is 2.38. The highest BCUT2D eigenvalue weighted by atomic mass is 31.2. The number of phosphoric ester groups is 1. The van der Waals surface area contributed by atoms with Crippen molar-refractivity contribution in [3.05, 3.63) is 158 Å². The van der Waals surface area contributed by atoms with E-state index in [2.05, 4.69) is 172 Å². The first-order valence-electron chi connectivity index (χ1n) is 34.2. The zero-order chi connectivity index (χ0) is 62.6. The van der Waals surface area contributed by atoms with Crippen molar-refractivity contribution in [2.24, 2.45) is 0 Å². The third-order valence-corrected chi connectivity index (χ3v) is 15.0. The molecule has 0 heterocycles. The second-order valence-corrected chi connectivity index (χ2v) is 24.9. The van der Waals surface area contributed by atoms with Crippen LogP contribution in [0.1, 0.15) is 258 Å². The molecular formula is C76H126NO8P. The number of allylic oxidation sites excluding steroid dienone is 26. The van der Waals surface area contributed by atoms with E-state index in [0.717, 1.165) is 128 Å². The number of hydrogen-bond donors (Lipinski definition) is 0. The molecule has 488 valence electrons. The summed E-state index contributed by atoms with van der Waals surface area (Å²) in [6, 6.07) is 0. The minimum Gasteiger partial charge on any atom is -0.756 e. The smallest absolute Gasteiger partial charge is 0.306 e.